The number of hydrogen-bond acceptors (Lipinski definition) is 5. The number of methoxy groups -OCH3 is 1. The Kier molecular flexibility index (Phi) is 9.97. The van der Waals surface area contributed by atoms with Gasteiger partial charge in [-0.25, -0.2) is 8.42 Å². The van der Waals surface area contributed by atoms with E-state index >= 15 is 0 Å². The van der Waals surface area contributed by atoms with Crippen LogP contribution >= 0.6 is 11.6 Å². The number of sulfonamides is 1. The van der Waals surface area contributed by atoms with Crippen LogP contribution in [-0.2, 0) is 26.2 Å². The SMILES string of the molecule is CC[C@H](C)NC(=O)[C@@H](C)N(Cc1ccc(OC)cc1)C(=O)CN(c1ccc(Cl)cc1C)S(C)(=O)=O. The Bertz CT molecular complexity index is 1140. The van der Waals surface area contributed by atoms with E-state index < -0.39 is 28.5 Å². The first-order chi connectivity index (χ1) is 16.4. The molecule has 192 valence electrons. The fourth-order valence-corrected chi connectivity index (χ4v) is 4.60. The minimum Gasteiger partial charge on any atom is -0.497 e. The van der Waals surface area contributed by atoms with E-state index in [0.717, 1.165) is 22.5 Å². The third-order valence-electron chi connectivity index (χ3n) is 5.79. The maximum absolute atomic E-state index is 13.6. The van der Waals surface area contributed by atoms with E-state index in [1.54, 1.807) is 63.4 Å². The largest absolute Gasteiger partial charge is 0.497 e. The fraction of sp³-hybridized carbons (Fsp3) is 0.440. The van der Waals surface area contributed by atoms with Crippen molar-refractivity contribution in [2.24, 2.45) is 0 Å². The Labute approximate surface area is 213 Å². The molecule has 10 heteroatoms. The Morgan fingerprint density at radius 2 is 1.74 bits per heavy atom. The van der Waals surface area contributed by atoms with Crippen molar-refractivity contribution in [2.45, 2.75) is 52.7 Å². The van der Waals surface area contributed by atoms with Crippen LogP contribution < -0.4 is 14.4 Å². The second-order valence-electron chi connectivity index (χ2n) is 8.56. The predicted molar refractivity (Wildman–Crippen MR) is 139 cm³/mol. The number of aryl methyl sites for hydroxylation is 1. The van der Waals surface area contributed by atoms with E-state index in [-0.39, 0.29) is 18.5 Å². The van der Waals surface area contributed by atoms with Gasteiger partial charge in [-0.15, -0.1) is 0 Å². The third kappa shape index (κ3) is 7.86. The smallest absolute Gasteiger partial charge is 0.244 e. The number of anilines is 1. The zero-order valence-electron chi connectivity index (χ0n) is 21.0. The summed E-state index contributed by atoms with van der Waals surface area (Å²) in [6.07, 6.45) is 1.78. The predicted octanol–water partition coefficient (Wildman–Crippen LogP) is 3.76. The fourth-order valence-electron chi connectivity index (χ4n) is 3.47. The van der Waals surface area contributed by atoms with Crippen molar-refractivity contribution < 1.29 is 22.7 Å². The molecule has 0 radical (unpaired) electrons. The third-order valence-corrected chi connectivity index (χ3v) is 7.15. The molecule has 2 amide bonds. The highest BCUT2D eigenvalue weighted by molar-refractivity contribution is 7.92. The second-order valence-corrected chi connectivity index (χ2v) is 10.9. The quantitative estimate of drug-likeness (QED) is 0.484. The van der Waals surface area contributed by atoms with Crippen molar-refractivity contribution in [1.29, 1.82) is 0 Å². The van der Waals surface area contributed by atoms with Crippen LogP contribution in [0.3, 0.4) is 0 Å². The summed E-state index contributed by atoms with van der Waals surface area (Å²) in [6.45, 7) is 6.86. The molecule has 0 heterocycles. The van der Waals surface area contributed by atoms with E-state index in [4.69, 9.17) is 16.3 Å². The first kappa shape index (κ1) is 28.5. The molecule has 0 aliphatic heterocycles. The highest BCUT2D eigenvalue weighted by Gasteiger charge is 2.31. The number of rotatable bonds is 11. The van der Waals surface area contributed by atoms with Gasteiger partial charge in [-0.2, -0.15) is 0 Å². The maximum Gasteiger partial charge on any atom is 0.244 e. The number of carbonyl (C=O) groups excluding carboxylic acids is 2. The number of carbonyl (C=O) groups is 2. The molecule has 0 aliphatic carbocycles. The molecule has 0 spiro atoms. The molecule has 2 aromatic rings. The Hall–Kier alpha value is -2.78. The van der Waals surface area contributed by atoms with Crippen molar-refractivity contribution in [2.75, 3.05) is 24.2 Å². The van der Waals surface area contributed by atoms with Gasteiger partial charge in [0.15, 0.2) is 0 Å². The highest BCUT2D eigenvalue weighted by atomic mass is 35.5. The van der Waals surface area contributed by atoms with Crippen LogP contribution in [0.5, 0.6) is 5.75 Å². The molecule has 0 bridgehead atoms. The molecular weight excluding hydrogens is 490 g/mol. The average molecular weight is 524 g/mol. The van der Waals surface area contributed by atoms with Crippen LogP contribution in [-0.4, -0.2) is 57.1 Å². The van der Waals surface area contributed by atoms with Gasteiger partial charge in [0, 0.05) is 17.6 Å². The molecule has 0 saturated carbocycles. The second kappa shape index (κ2) is 12.3. The lowest BCUT2D eigenvalue weighted by Gasteiger charge is -2.32. The Morgan fingerprint density at radius 1 is 1.11 bits per heavy atom. The molecule has 0 saturated heterocycles. The van der Waals surface area contributed by atoms with Gasteiger partial charge in [0.1, 0.15) is 18.3 Å². The topological polar surface area (TPSA) is 96.0 Å². The standard InChI is InChI=1S/C25H34ClN3O5S/c1-7-18(3)27-25(31)19(4)28(15-20-8-11-22(34-5)12-9-20)24(30)16-29(35(6,32)33)23-13-10-21(26)14-17(23)2/h8-14,18-19H,7,15-16H2,1-6H3,(H,27,31)/t18-,19+/m0/s1. The summed E-state index contributed by atoms with van der Waals surface area (Å²) >= 11 is 6.04. The monoisotopic (exact) mass is 523 g/mol. The minimum absolute atomic E-state index is 0.0628. The van der Waals surface area contributed by atoms with Gasteiger partial charge >= 0.3 is 0 Å². The van der Waals surface area contributed by atoms with Gasteiger partial charge < -0.3 is 15.0 Å². The number of halogens is 1. The number of nitrogens with one attached hydrogen (secondary N) is 1. The molecule has 0 unspecified atom stereocenters. The van der Waals surface area contributed by atoms with Crippen LogP contribution in [0.1, 0.15) is 38.3 Å². The first-order valence-electron chi connectivity index (χ1n) is 11.3. The first-order valence-corrected chi connectivity index (χ1v) is 13.6. The van der Waals surface area contributed by atoms with Crippen molar-refractivity contribution in [3.63, 3.8) is 0 Å². The highest BCUT2D eigenvalue weighted by Crippen LogP contribution is 2.26. The summed E-state index contributed by atoms with van der Waals surface area (Å²) in [6, 6.07) is 11.0. The Balaban J connectivity index is 2.41. The van der Waals surface area contributed by atoms with Gasteiger partial charge in [0.05, 0.1) is 19.1 Å². The molecule has 2 atom stereocenters. The van der Waals surface area contributed by atoms with Crippen LogP contribution in [0, 0.1) is 6.92 Å². The van der Waals surface area contributed by atoms with Gasteiger partial charge in [0.25, 0.3) is 0 Å². The van der Waals surface area contributed by atoms with E-state index in [0.29, 0.717) is 22.0 Å². The number of hydrogen-bond donors (Lipinski definition) is 1. The molecule has 0 aromatic heterocycles. The van der Waals surface area contributed by atoms with Crippen LogP contribution in [0.4, 0.5) is 5.69 Å². The summed E-state index contributed by atoms with van der Waals surface area (Å²) in [4.78, 5) is 27.9. The normalized spacial score (nSPS) is 13.0. The summed E-state index contributed by atoms with van der Waals surface area (Å²) in [5, 5.41) is 3.36. The van der Waals surface area contributed by atoms with E-state index in [2.05, 4.69) is 5.32 Å². The Morgan fingerprint density at radius 3 is 2.26 bits per heavy atom. The summed E-state index contributed by atoms with van der Waals surface area (Å²) in [7, 11) is -2.25. The molecule has 0 fully saturated rings. The van der Waals surface area contributed by atoms with Crippen molar-refractivity contribution >= 4 is 39.1 Å². The molecule has 35 heavy (non-hydrogen) atoms. The number of benzene rings is 2. The lowest BCUT2D eigenvalue weighted by atomic mass is 10.1. The summed E-state index contributed by atoms with van der Waals surface area (Å²) < 4.78 is 31.6. The minimum atomic E-state index is -3.81. The molecule has 2 aromatic carbocycles. The number of ether oxygens (including phenoxy) is 1. The lowest BCUT2D eigenvalue weighted by Crippen LogP contribution is -2.52. The van der Waals surface area contributed by atoms with Gasteiger partial charge in [-0.1, -0.05) is 30.7 Å². The molecule has 2 rings (SSSR count). The van der Waals surface area contributed by atoms with E-state index in [9.17, 15) is 18.0 Å². The molecule has 0 aliphatic rings. The lowest BCUT2D eigenvalue weighted by molar-refractivity contribution is -0.139. The zero-order valence-corrected chi connectivity index (χ0v) is 22.6. The van der Waals surface area contributed by atoms with Gasteiger partial charge in [-0.3, -0.25) is 13.9 Å². The van der Waals surface area contributed by atoms with Gasteiger partial charge in [-0.05, 0) is 68.7 Å². The van der Waals surface area contributed by atoms with Crippen molar-refractivity contribution in [3.05, 3.63) is 58.6 Å². The van der Waals surface area contributed by atoms with Gasteiger partial charge in [0.2, 0.25) is 21.8 Å². The average Bonchev–Trinajstić information content (AvgIpc) is 2.80. The van der Waals surface area contributed by atoms with E-state index in [1.807, 2.05) is 13.8 Å². The van der Waals surface area contributed by atoms with Crippen LogP contribution in [0.25, 0.3) is 0 Å². The summed E-state index contributed by atoms with van der Waals surface area (Å²) in [5.41, 5.74) is 1.74. The molecular formula is C25H34ClN3O5S. The molecule has 8 nitrogen and oxygen atoms in total. The van der Waals surface area contributed by atoms with E-state index in [1.165, 1.54) is 4.90 Å². The van der Waals surface area contributed by atoms with Crippen molar-refractivity contribution in [3.8, 4) is 5.75 Å². The van der Waals surface area contributed by atoms with Crippen LogP contribution in [0.15, 0.2) is 42.5 Å². The number of amides is 2. The molecule has 1 N–H and O–H groups in total. The summed E-state index contributed by atoms with van der Waals surface area (Å²) in [5.74, 6) is -0.155. The number of nitrogens with zero attached hydrogens (tertiary/aromatic N) is 2. The maximum atomic E-state index is 13.6. The van der Waals surface area contributed by atoms with Crippen molar-refractivity contribution in [1.82, 2.24) is 10.2 Å². The van der Waals surface area contributed by atoms with Crippen LogP contribution in [0.2, 0.25) is 5.02 Å². The zero-order chi connectivity index (χ0) is 26.3.